The Morgan fingerprint density at radius 1 is 1.00 bits per heavy atom. The Balaban J connectivity index is 1.60. The SMILES string of the molecule is O=C1OC(C([Se]c2ccccc2)c2ccccc2)CC2CCCCN12. The summed E-state index contributed by atoms with van der Waals surface area (Å²) in [6.45, 7) is 0.857. The third-order valence-electron chi connectivity index (χ3n) is 5.09. The first-order valence-corrected chi connectivity index (χ1v) is 10.9. The summed E-state index contributed by atoms with van der Waals surface area (Å²) in [5.41, 5.74) is 1.29. The van der Waals surface area contributed by atoms with Gasteiger partial charge in [0.15, 0.2) is 0 Å². The van der Waals surface area contributed by atoms with Crippen LogP contribution in [0.3, 0.4) is 0 Å². The van der Waals surface area contributed by atoms with Crippen molar-refractivity contribution in [2.75, 3.05) is 6.54 Å². The number of rotatable bonds is 4. The summed E-state index contributed by atoms with van der Waals surface area (Å²) in [6.07, 6.45) is 4.28. The van der Waals surface area contributed by atoms with Crippen LogP contribution >= 0.6 is 0 Å². The molecule has 0 bridgehead atoms. The predicted molar refractivity (Wildman–Crippen MR) is 100 cm³/mol. The zero-order valence-electron chi connectivity index (χ0n) is 14.2. The van der Waals surface area contributed by atoms with Crippen molar-refractivity contribution in [3.05, 3.63) is 66.2 Å². The van der Waals surface area contributed by atoms with Gasteiger partial charge in [-0.15, -0.1) is 0 Å². The molecule has 2 heterocycles. The monoisotopic (exact) mass is 401 g/mol. The van der Waals surface area contributed by atoms with Crippen LogP contribution in [0.25, 0.3) is 0 Å². The van der Waals surface area contributed by atoms with Gasteiger partial charge in [-0.25, -0.2) is 0 Å². The van der Waals surface area contributed by atoms with Crippen molar-refractivity contribution in [3.63, 3.8) is 0 Å². The number of benzene rings is 2. The fourth-order valence-corrected chi connectivity index (χ4v) is 6.39. The summed E-state index contributed by atoms with van der Waals surface area (Å²) in [4.78, 5) is 14.8. The number of carbonyl (C=O) groups is 1. The molecule has 4 heteroatoms. The number of ether oxygens (including phenoxy) is 1. The topological polar surface area (TPSA) is 29.5 Å². The zero-order chi connectivity index (χ0) is 17.1. The molecule has 1 amide bonds. The standard InChI is InChI=1S/C21H23NO2Se/c23-21-22-14-8-7-11-17(22)15-19(24-21)20(16-9-3-1-4-10-16)25-18-12-5-2-6-13-18/h1-6,9-10,12-13,17,19-20H,7-8,11,14-15H2. The molecule has 0 radical (unpaired) electrons. The Hall–Kier alpha value is -1.77. The van der Waals surface area contributed by atoms with Crippen molar-refractivity contribution < 1.29 is 9.53 Å². The molecule has 3 nitrogen and oxygen atoms in total. The van der Waals surface area contributed by atoms with Gasteiger partial charge >= 0.3 is 155 Å². The molecule has 25 heavy (non-hydrogen) atoms. The molecule has 2 saturated heterocycles. The van der Waals surface area contributed by atoms with Crippen molar-refractivity contribution in [2.45, 2.75) is 42.6 Å². The summed E-state index contributed by atoms with van der Waals surface area (Å²) in [5, 5.41) is 0. The van der Waals surface area contributed by atoms with E-state index in [1.165, 1.54) is 16.4 Å². The normalized spacial score (nSPS) is 24.3. The van der Waals surface area contributed by atoms with E-state index in [1.807, 2.05) is 11.0 Å². The number of piperidine rings is 1. The van der Waals surface area contributed by atoms with Gasteiger partial charge in [0.1, 0.15) is 0 Å². The summed E-state index contributed by atoms with van der Waals surface area (Å²) in [7, 11) is 0. The molecular formula is C21H23NO2Se. The van der Waals surface area contributed by atoms with Crippen molar-refractivity contribution >= 4 is 25.5 Å². The van der Waals surface area contributed by atoms with Gasteiger partial charge in [0.2, 0.25) is 0 Å². The molecule has 3 atom stereocenters. The number of amides is 1. The molecule has 0 N–H and O–H groups in total. The van der Waals surface area contributed by atoms with E-state index in [0.717, 1.165) is 25.8 Å². The van der Waals surface area contributed by atoms with Gasteiger partial charge in [-0.1, -0.05) is 0 Å². The van der Waals surface area contributed by atoms with Crippen LogP contribution in [0.2, 0.25) is 0 Å². The number of hydrogen-bond donors (Lipinski definition) is 0. The first-order chi connectivity index (χ1) is 12.3. The van der Waals surface area contributed by atoms with Gasteiger partial charge < -0.3 is 0 Å². The quantitative estimate of drug-likeness (QED) is 0.735. The molecule has 2 fully saturated rings. The second-order valence-electron chi connectivity index (χ2n) is 6.76. The van der Waals surface area contributed by atoms with Gasteiger partial charge in [-0.2, -0.15) is 0 Å². The average molecular weight is 400 g/mol. The van der Waals surface area contributed by atoms with E-state index in [-0.39, 0.29) is 32.0 Å². The van der Waals surface area contributed by atoms with Crippen LogP contribution in [0.4, 0.5) is 4.79 Å². The van der Waals surface area contributed by atoms with Gasteiger partial charge in [0, 0.05) is 0 Å². The average Bonchev–Trinajstić information content (AvgIpc) is 2.67. The Bertz CT molecular complexity index is 706. The van der Waals surface area contributed by atoms with E-state index in [4.69, 9.17) is 4.74 Å². The van der Waals surface area contributed by atoms with Crippen LogP contribution in [-0.2, 0) is 4.74 Å². The minimum absolute atomic E-state index is 0.0190. The molecule has 2 aromatic carbocycles. The van der Waals surface area contributed by atoms with E-state index in [2.05, 4.69) is 54.6 Å². The van der Waals surface area contributed by atoms with Crippen LogP contribution in [0.15, 0.2) is 60.7 Å². The van der Waals surface area contributed by atoms with E-state index in [9.17, 15) is 4.79 Å². The minimum atomic E-state index is -0.106. The molecule has 4 rings (SSSR count). The van der Waals surface area contributed by atoms with Crippen molar-refractivity contribution in [1.29, 1.82) is 0 Å². The molecule has 0 aliphatic carbocycles. The molecule has 2 aliphatic rings. The number of carbonyl (C=O) groups excluding carboxylic acids is 1. The van der Waals surface area contributed by atoms with E-state index in [0.29, 0.717) is 6.04 Å². The number of nitrogens with zero attached hydrogens (tertiary/aromatic N) is 1. The van der Waals surface area contributed by atoms with Crippen LogP contribution in [0, 0.1) is 0 Å². The second-order valence-corrected chi connectivity index (χ2v) is 9.31. The summed E-state index contributed by atoms with van der Waals surface area (Å²) in [5.74, 6) is 0. The maximum atomic E-state index is 12.5. The molecule has 130 valence electrons. The van der Waals surface area contributed by atoms with E-state index >= 15 is 0 Å². The van der Waals surface area contributed by atoms with E-state index < -0.39 is 0 Å². The van der Waals surface area contributed by atoms with Gasteiger partial charge in [0.05, 0.1) is 0 Å². The summed E-state index contributed by atoms with van der Waals surface area (Å²) >= 11 is 0.227. The van der Waals surface area contributed by atoms with Gasteiger partial charge in [-0.3, -0.25) is 0 Å². The molecule has 0 saturated carbocycles. The molecule has 2 aliphatic heterocycles. The van der Waals surface area contributed by atoms with Crippen LogP contribution < -0.4 is 4.46 Å². The molecule has 2 aromatic rings. The fraction of sp³-hybridized carbons (Fsp3) is 0.381. The second kappa shape index (κ2) is 7.63. The van der Waals surface area contributed by atoms with Crippen molar-refractivity contribution in [2.24, 2.45) is 0 Å². The Morgan fingerprint density at radius 2 is 1.72 bits per heavy atom. The molecular weight excluding hydrogens is 377 g/mol. The molecule has 0 aromatic heterocycles. The first kappa shape index (κ1) is 16.7. The van der Waals surface area contributed by atoms with E-state index in [1.54, 1.807) is 0 Å². The van der Waals surface area contributed by atoms with Crippen LogP contribution in [0.5, 0.6) is 0 Å². The van der Waals surface area contributed by atoms with Crippen molar-refractivity contribution in [1.82, 2.24) is 4.90 Å². The van der Waals surface area contributed by atoms with Gasteiger partial charge in [-0.05, 0) is 0 Å². The Labute approximate surface area is 155 Å². The number of hydrogen-bond acceptors (Lipinski definition) is 2. The third kappa shape index (κ3) is 3.75. The molecule has 0 spiro atoms. The molecule has 3 unspecified atom stereocenters. The number of fused-ring (bicyclic) bond motifs is 1. The number of cyclic esters (lactones) is 1. The van der Waals surface area contributed by atoms with Crippen LogP contribution in [-0.4, -0.2) is 44.6 Å². The Morgan fingerprint density at radius 3 is 2.48 bits per heavy atom. The summed E-state index contributed by atoms with van der Waals surface area (Å²) < 4.78 is 7.30. The maximum absolute atomic E-state index is 12.5. The van der Waals surface area contributed by atoms with Gasteiger partial charge in [0.25, 0.3) is 0 Å². The summed E-state index contributed by atoms with van der Waals surface area (Å²) in [6, 6.07) is 21.5. The zero-order valence-corrected chi connectivity index (χ0v) is 15.9. The van der Waals surface area contributed by atoms with Crippen LogP contribution in [0.1, 0.15) is 36.1 Å². The Kier molecular flexibility index (Phi) is 5.09. The van der Waals surface area contributed by atoms with Crippen molar-refractivity contribution in [3.8, 4) is 0 Å². The fourth-order valence-electron chi connectivity index (χ4n) is 3.83. The third-order valence-corrected chi connectivity index (χ3v) is 7.97. The first-order valence-electron chi connectivity index (χ1n) is 9.05. The predicted octanol–water partition coefficient (Wildman–Crippen LogP) is 3.52.